The van der Waals surface area contributed by atoms with Crippen molar-refractivity contribution >= 4 is 5.97 Å². The molecule has 2 N–H and O–H groups in total. The number of nitrogens with two attached hydrogens (primary N) is 1. The van der Waals surface area contributed by atoms with Crippen LogP contribution in [0.2, 0.25) is 0 Å². The lowest BCUT2D eigenvalue weighted by Crippen LogP contribution is -2.34. The summed E-state index contributed by atoms with van der Waals surface area (Å²) in [5.41, 5.74) is 5.66. The molecule has 0 amide bonds. The maximum absolute atomic E-state index is 11.0. The second-order valence-corrected chi connectivity index (χ2v) is 3.78. The molecule has 0 radical (unpaired) electrons. The molecule has 1 rings (SSSR count). The molecule has 0 aromatic rings. The van der Waals surface area contributed by atoms with Gasteiger partial charge in [0.15, 0.2) is 0 Å². The Morgan fingerprint density at radius 2 is 2.46 bits per heavy atom. The lowest BCUT2D eigenvalue weighted by atomic mass is 10.00. The van der Waals surface area contributed by atoms with Gasteiger partial charge in [0.25, 0.3) is 0 Å². The van der Waals surface area contributed by atoms with Crippen molar-refractivity contribution < 1.29 is 9.53 Å². The fourth-order valence-electron chi connectivity index (χ4n) is 1.83. The quantitative estimate of drug-likeness (QED) is 0.622. The number of carbonyl (C=O) groups excluding carboxylic acids is 1. The molecule has 1 saturated heterocycles. The van der Waals surface area contributed by atoms with Crippen molar-refractivity contribution in [3.8, 4) is 0 Å². The van der Waals surface area contributed by atoms with E-state index in [9.17, 15) is 4.79 Å². The Morgan fingerprint density at radius 1 is 1.77 bits per heavy atom. The van der Waals surface area contributed by atoms with Crippen LogP contribution in [0.5, 0.6) is 0 Å². The fraction of sp³-hybridized carbons (Fsp3) is 0.889. The number of hydrogen-bond acceptors (Lipinski definition) is 4. The lowest BCUT2D eigenvalue weighted by Gasteiger charge is -2.14. The molecule has 0 saturated carbocycles. The van der Waals surface area contributed by atoms with E-state index >= 15 is 0 Å². The minimum absolute atomic E-state index is 0.297. The molecule has 1 aliphatic heterocycles. The summed E-state index contributed by atoms with van der Waals surface area (Å²) in [7, 11) is 3.46. The zero-order valence-electron chi connectivity index (χ0n) is 8.32. The Kier molecular flexibility index (Phi) is 3.69. The summed E-state index contributed by atoms with van der Waals surface area (Å²) in [6.07, 6.45) is 1.89. The topological polar surface area (TPSA) is 55.6 Å². The summed E-state index contributed by atoms with van der Waals surface area (Å²) in [6, 6.07) is -0.443. The first-order valence-electron chi connectivity index (χ1n) is 4.65. The van der Waals surface area contributed by atoms with E-state index < -0.39 is 6.04 Å². The minimum Gasteiger partial charge on any atom is -0.468 e. The molecule has 2 atom stereocenters. The summed E-state index contributed by atoms with van der Waals surface area (Å²) < 4.78 is 4.57. The number of likely N-dealkylation sites (tertiary alicyclic amines) is 1. The lowest BCUT2D eigenvalue weighted by molar-refractivity contribution is -0.142. The van der Waals surface area contributed by atoms with Gasteiger partial charge in [-0.05, 0) is 32.4 Å². The van der Waals surface area contributed by atoms with Gasteiger partial charge in [-0.2, -0.15) is 0 Å². The van der Waals surface area contributed by atoms with Gasteiger partial charge >= 0.3 is 5.97 Å². The van der Waals surface area contributed by atoms with Crippen LogP contribution in [0.25, 0.3) is 0 Å². The van der Waals surface area contributed by atoms with E-state index in [2.05, 4.69) is 16.7 Å². The van der Waals surface area contributed by atoms with Crippen LogP contribution >= 0.6 is 0 Å². The standard InChI is InChI=1S/C9H18N2O2/c1-11-4-3-7(6-11)5-8(10)9(12)13-2/h7-8H,3-6,10H2,1-2H3. The third-order valence-corrected chi connectivity index (χ3v) is 2.58. The number of rotatable bonds is 3. The number of hydrogen-bond donors (Lipinski definition) is 1. The molecule has 4 nitrogen and oxygen atoms in total. The summed E-state index contributed by atoms with van der Waals surface area (Å²) in [6.45, 7) is 2.16. The van der Waals surface area contributed by atoms with Crippen molar-refractivity contribution in [3.63, 3.8) is 0 Å². The molecule has 1 heterocycles. The van der Waals surface area contributed by atoms with Crippen LogP contribution < -0.4 is 5.73 Å². The van der Waals surface area contributed by atoms with Gasteiger partial charge in [0, 0.05) is 6.54 Å². The van der Waals surface area contributed by atoms with Gasteiger partial charge in [-0.25, -0.2) is 0 Å². The average Bonchev–Trinajstić information content (AvgIpc) is 2.49. The Morgan fingerprint density at radius 3 is 2.92 bits per heavy atom. The van der Waals surface area contributed by atoms with Crippen LogP contribution in [0.3, 0.4) is 0 Å². The zero-order valence-corrected chi connectivity index (χ0v) is 8.32. The molecular formula is C9H18N2O2. The average molecular weight is 186 g/mol. The highest BCUT2D eigenvalue weighted by atomic mass is 16.5. The Labute approximate surface area is 79.0 Å². The van der Waals surface area contributed by atoms with Crippen molar-refractivity contribution in [1.82, 2.24) is 4.90 Å². The molecule has 76 valence electrons. The largest absolute Gasteiger partial charge is 0.468 e. The van der Waals surface area contributed by atoms with E-state index in [0.29, 0.717) is 5.92 Å². The number of nitrogens with zero attached hydrogens (tertiary/aromatic N) is 1. The first-order valence-corrected chi connectivity index (χ1v) is 4.65. The predicted octanol–water partition coefficient (Wildman–Crippen LogP) is -0.171. The Bertz CT molecular complexity index is 184. The van der Waals surface area contributed by atoms with Crippen molar-refractivity contribution in [2.24, 2.45) is 11.7 Å². The third-order valence-electron chi connectivity index (χ3n) is 2.58. The summed E-state index contributed by atoms with van der Waals surface area (Å²) in [5, 5.41) is 0. The number of ether oxygens (including phenoxy) is 1. The Balaban J connectivity index is 2.28. The van der Waals surface area contributed by atoms with Gasteiger partial charge in [-0.1, -0.05) is 0 Å². The molecule has 0 spiro atoms. The molecule has 0 aromatic carbocycles. The highest BCUT2D eigenvalue weighted by Gasteiger charge is 2.24. The third kappa shape index (κ3) is 2.97. The first kappa shape index (κ1) is 10.5. The van der Waals surface area contributed by atoms with E-state index in [1.165, 1.54) is 7.11 Å². The first-order chi connectivity index (χ1) is 6.13. The second-order valence-electron chi connectivity index (χ2n) is 3.78. The number of carbonyl (C=O) groups is 1. The Hall–Kier alpha value is -0.610. The van der Waals surface area contributed by atoms with Crippen LogP contribution in [0.4, 0.5) is 0 Å². The fourth-order valence-corrected chi connectivity index (χ4v) is 1.83. The van der Waals surface area contributed by atoms with E-state index in [-0.39, 0.29) is 5.97 Å². The van der Waals surface area contributed by atoms with Crippen molar-refractivity contribution in [3.05, 3.63) is 0 Å². The maximum Gasteiger partial charge on any atom is 0.322 e. The zero-order chi connectivity index (χ0) is 9.84. The van der Waals surface area contributed by atoms with E-state index in [1.807, 2.05) is 0 Å². The highest BCUT2D eigenvalue weighted by molar-refractivity contribution is 5.75. The van der Waals surface area contributed by atoms with Gasteiger partial charge < -0.3 is 15.4 Å². The van der Waals surface area contributed by atoms with Crippen LogP contribution in [-0.2, 0) is 9.53 Å². The van der Waals surface area contributed by atoms with Crippen molar-refractivity contribution in [2.45, 2.75) is 18.9 Å². The van der Waals surface area contributed by atoms with E-state index in [1.54, 1.807) is 0 Å². The van der Waals surface area contributed by atoms with Crippen LogP contribution in [-0.4, -0.2) is 44.2 Å². The van der Waals surface area contributed by atoms with Gasteiger partial charge in [0.05, 0.1) is 7.11 Å². The molecule has 4 heteroatoms. The van der Waals surface area contributed by atoms with Gasteiger partial charge in [-0.3, -0.25) is 4.79 Å². The normalized spacial score (nSPS) is 25.9. The number of esters is 1. The molecule has 13 heavy (non-hydrogen) atoms. The van der Waals surface area contributed by atoms with Crippen LogP contribution in [0, 0.1) is 5.92 Å². The second kappa shape index (κ2) is 4.58. The SMILES string of the molecule is COC(=O)C(N)CC1CCN(C)C1. The van der Waals surface area contributed by atoms with Crippen LogP contribution in [0.15, 0.2) is 0 Å². The minimum atomic E-state index is -0.443. The van der Waals surface area contributed by atoms with Gasteiger partial charge in [0.2, 0.25) is 0 Å². The van der Waals surface area contributed by atoms with Gasteiger partial charge in [0.1, 0.15) is 6.04 Å². The highest BCUT2D eigenvalue weighted by Crippen LogP contribution is 2.19. The monoisotopic (exact) mass is 186 g/mol. The van der Waals surface area contributed by atoms with E-state index in [4.69, 9.17) is 5.73 Å². The van der Waals surface area contributed by atoms with Crippen molar-refractivity contribution in [2.75, 3.05) is 27.2 Å². The maximum atomic E-state index is 11.0. The predicted molar refractivity (Wildman–Crippen MR) is 50.2 cm³/mol. The summed E-state index contributed by atoms with van der Waals surface area (Å²) in [5.74, 6) is 0.258. The molecule has 1 aliphatic rings. The molecule has 1 fully saturated rings. The molecule has 0 bridgehead atoms. The van der Waals surface area contributed by atoms with E-state index in [0.717, 1.165) is 25.9 Å². The smallest absolute Gasteiger partial charge is 0.322 e. The van der Waals surface area contributed by atoms with Crippen LogP contribution in [0.1, 0.15) is 12.8 Å². The summed E-state index contributed by atoms with van der Waals surface area (Å²) in [4.78, 5) is 13.3. The molecular weight excluding hydrogens is 168 g/mol. The molecule has 0 aliphatic carbocycles. The molecule has 2 unspecified atom stereocenters. The summed E-state index contributed by atoms with van der Waals surface area (Å²) >= 11 is 0. The molecule has 0 aromatic heterocycles. The van der Waals surface area contributed by atoms with Crippen molar-refractivity contribution in [1.29, 1.82) is 0 Å². The van der Waals surface area contributed by atoms with Gasteiger partial charge in [-0.15, -0.1) is 0 Å². The number of methoxy groups -OCH3 is 1.